The number of halogens is 1. The van der Waals surface area contributed by atoms with Gasteiger partial charge in [0.1, 0.15) is 5.82 Å². The second-order valence-electron chi connectivity index (χ2n) is 8.54. The first kappa shape index (κ1) is 20.8. The molecule has 1 atom stereocenters. The third-order valence-corrected chi connectivity index (χ3v) is 8.52. The third kappa shape index (κ3) is 4.49. The Morgan fingerprint density at radius 1 is 1.10 bits per heavy atom. The van der Waals surface area contributed by atoms with E-state index in [1.807, 2.05) is 4.90 Å². The zero-order valence-electron chi connectivity index (χ0n) is 16.7. The first-order chi connectivity index (χ1) is 13.9. The van der Waals surface area contributed by atoms with E-state index in [1.54, 1.807) is 0 Å². The van der Waals surface area contributed by atoms with Gasteiger partial charge in [-0.2, -0.15) is 4.31 Å². The first-order valence-electron chi connectivity index (χ1n) is 10.6. The van der Waals surface area contributed by atoms with E-state index in [0.717, 1.165) is 38.8 Å². The fourth-order valence-electron chi connectivity index (χ4n) is 4.88. The third-order valence-electron chi connectivity index (χ3n) is 6.60. The minimum absolute atomic E-state index is 0.119. The van der Waals surface area contributed by atoms with E-state index in [0.29, 0.717) is 44.9 Å². The molecule has 0 N–H and O–H groups in total. The summed E-state index contributed by atoms with van der Waals surface area (Å²) in [5.41, 5.74) is -0.330. The van der Waals surface area contributed by atoms with Gasteiger partial charge in [0.15, 0.2) is 0 Å². The van der Waals surface area contributed by atoms with Gasteiger partial charge < -0.3 is 9.64 Å². The molecule has 3 fully saturated rings. The van der Waals surface area contributed by atoms with Gasteiger partial charge in [0, 0.05) is 39.2 Å². The van der Waals surface area contributed by atoms with E-state index < -0.39 is 15.8 Å². The molecule has 160 valence electrons. The summed E-state index contributed by atoms with van der Waals surface area (Å²) in [5, 5.41) is 0. The number of amides is 1. The normalized spacial score (nSPS) is 25.4. The second kappa shape index (κ2) is 8.32. The predicted molar refractivity (Wildman–Crippen MR) is 106 cm³/mol. The number of carbonyl (C=O) groups is 1. The lowest BCUT2D eigenvalue weighted by Gasteiger charge is -2.46. The van der Waals surface area contributed by atoms with Crippen molar-refractivity contribution in [2.24, 2.45) is 5.92 Å². The zero-order chi connectivity index (χ0) is 20.5. The highest BCUT2D eigenvalue weighted by molar-refractivity contribution is 7.89. The molecule has 8 heteroatoms. The van der Waals surface area contributed by atoms with E-state index in [1.165, 1.54) is 28.6 Å². The molecule has 3 aliphatic heterocycles. The number of rotatable bonds is 4. The van der Waals surface area contributed by atoms with Crippen molar-refractivity contribution in [3.05, 3.63) is 30.1 Å². The molecular weight excluding hydrogens is 395 g/mol. The van der Waals surface area contributed by atoms with Crippen LogP contribution in [0.4, 0.5) is 4.39 Å². The fraction of sp³-hybridized carbons (Fsp3) is 0.667. The van der Waals surface area contributed by atoms with E-state index >= 15 is 0 Å². The first-order valence-corrected chi connectivity index (χ1v) is 12.0. The maximum absolute atomic E-state index is 13.1. The lowest BCUT2D eigenvalue weighted by Crippen LogP contribution is -2.51. The molecule has 3 saturated heterocycles. The van der Waals surface area contributed by atoms with Crippen molar-refractivity contribution in [1.29, 1.82) is 0 Å². The Hall–Kier alpha value is -1.51. The van der Waals surface area contributed by atoms with Gasteiger partial charge in [0.25, 0.3) is 0 Å². The number of benzene rings is 1. The largest absolute Gasteiger partial charge is 0.375 e. The van der Waals surface area contributed by atoms with Gasteiger partial charge in [-0.25, -0.2) is 12.8 Å². The highest BCUT2D eigenvalue weighted by Gasteiger charge is 2.43. The van der Waals surface area contributed by atoms with Crippen molar-refractivity contribution >= 4 is 15.9 Å². The zero-order valence-corrected chi connectivity index (χ0v) is 17.5. The number of piperidine rings is 1. The summed E-state index contributed by atoms with van der Waals surface area (Å²) in [4.78, 5) is 14.6. The van der Waals surface area contributed by atoms with Crippen molar-refractivity contribution in [3.63, 3.8) is 0 Å². The molecule has 3 aliphatic rings. The molecule has 0 bridgehead atoms. The van der Waals surface area contributed by atoms with Crippen molar-refractivity contribution in [2.75, 3.05) is 32.8 Å². The lowest BCUT2D eigenvalue weighted by molar-refractivity contribution is -0.139. The molecule has 0 radical (unpaired) electrons. The number of likely N-dealkylation sites (tertiary alicyclic amines) is 1. The lowest BCUT2D eigenvalue weighted by atomic mass is 9.78. The van der Waals surface area contributed by atoms with Crippen molar-refractivity contribution in [1.82, 2.24) is 9.21 Å². The Morgan fingerprint density at radius 2 is 1.76 bits per heavy atom. The Balaban J connectivity index is 1.36. The molecule has 1 spiro atoms. The molecule has 1 unspecified atom stereocenters. The number of ether oxygens (including phenoxy) is 1. The molecule has 1 aromatic carbocycles. The van der Waals surface area contributed by atoms with Crippen LogP contribution in [0.5, 0.6) is 0 Å². The average molecular weight is 425 g/mol. The van der Waals surface area contributed by atoms with Crippen LogP contribution in [-0.4, -0.2) is 61.9 Å². The molecule has 1 amide bonds. The van der Waals surface area contributed by atoms with Crippen LogP contribution < -0.4 is 0 Å². The van der Waals surface area contributed by atoms with Crippen LogP contribution in [0.15, 0.2) is 29.2 Å². The van der Waals surface area contributed by atoms with Crippen molar-refractivity contribution < 1.29 is 22.3 Å². The minimum Gasteiger partial charge on any atom is -0.375 e. The Morgan fingerprint density at radius 3 is 2.41 bits per heavy atom. The monoisotopic (exact) mass is 424 g/mol. The van der Waals surface area contributed by atoms with Gasteiger partial charge in [0.2, 0.25) is 15.9 Å². The van der Waals surface area contributed by atoms with Gasteiger partial charge in [-0.15, -0.1) is 0 Å². The number of sulfonamides is 1. The Bertz CT molecular complexity index is 829. The summed E-state index contributed by atoms with van der Waals surface area (Å²) in [6.45, 7) is 3.15. The fourth-order valence-corrected chi connectivity index (χ4v) is 6.33. The standard InChI is InChI=1S/C21H29FN2O4S/c22-18-3-5-19(6-4-18)29(26,27)24-12-8-21(9-13-24)16-17(7-14-28-21)15-20(25)23-10-1-2-11-23/h3-6,17H,1-2,7-16H2. The molecule has 3 heterocycles. The van der Waals surface area contributed by atoms with Crippen LogP contribution >= 0.6 is 0 Å². The maximum Gasteiger partial charge on any atom is 0.243 e. The van der Waals surface area contributed by atoms with E-state index in [2.05, 4.69) is 0 Å². The molecule has 29 heavy (non-hydrogen) atoms. The molecule has 0 saturated carbocycles. The number of hydrogen-bond acceptors (Lipinski definition) is 4. The quantitative estimate of drug-likeness (QED) is 0.746. The number of nitrogens with zero attached hydrogens (tertiary/aromatic N) is 2. The average Bonchev–Trinajstić information content (AvgIpc) is 3.24. The number of hydrogen-bond donors (Lipinski definition) is 0. The van der Waals surface area contributed by atoms with Crippen LogP contribution in [0.2, 0.25) is 0 Å². The SMILES string of the molecule is O=C(CC1CCOC2(CCN(S(=O)(=O)c3ccc(F)cc3)CC2)C1)N1CCCC1. The van der Waals surface area contributed by atoms with Gasteiger partial charge in [-0.05, 0) is 68.7 Å². The van der Waals surface area contributed by atoms with Crippen molar-refractivity contribution in [2.45, 2.75) is 55.4 Å². The van der Waals surface area contributed by atoms with E-state index in [4.69, 9.17) is 4.74 Å². The molecule has 6 nitrogen and oxygen atoms in total. The Kier molecular flexibility index (Phi) is 5.95. The molecule has 4 rings (SSSR count). The van der Waals surface area contributed by atoms with Crippen LogP contribution in [0.25, 0.3) is 0 Å². The van der Waals surface area contributed by atoms with E-state index in [-0.39, 0.29) is 16.4 Å². The summed E-state index contributed by atoms with van der Waals surface area (Å²) in [6, 6.07) is 4.97. The van der Waals surface area contributed by atoms with Crippen molar-refractivity contribution in [3.8, 4) is 0 Å². The predicted octanol–water partition coefficient (Wildman–Crippen LogP) is 2.79. The highest BCUT2D eigenvalue weighted by Crippen LogP contribution is 2.40. The highest BCUT2D eigenvalue weighted by atomic mass is 32.2. The van der Waals surface area contributed by atoms with Crippen LogP contribution in [-0.2, 0) is 19.6 Å². The van der Waals surface area contributed by atoms with Crippen LogP contribution in [0, 0.1) is 11.7 Å². The molecule has 0 aromatic heterocycles. The van der Waals surface area contributed by atoms with Gasteiger partial charge in [-0.3, -0.25) is 4.79 Å². The van der Waals surface area contributed by atoms with Gasteiger partial charge in [-0.1, -0.05) is 0 Å². The summed E-state index contributed by atoms with van der Waals surface area (Å²) in [7, 11) is -3.63. The molecule has 0 aliphatic carbocycles. The smallest absolute Gasteiger partial charge is 0.243 e. The van der Waals surface area contributed by atoms with Crippen LogP contribution in [0.3, 0.4) is 0 Å². The molecular formula is C21H29FN2O4S. The topological polar surface area (TPSA) is 66.9 Å². The van der Waals surface area contributed by atoms with Crippen LogP contribution in [0.1, 0.15) is 44.9 Å². The second-order valence-corrected chi connectivity index (χ2v) is 10.5. The maximum atomic E-state index is 13.1. The van der Waals surface area contributed by atoms with E-state index in [9.17, 15) is 17.6 Å². The van der Waals surface area contributed by atoms with Gasteiger partial charge >= 0.3 is 0 Å². The van der Waals surface area contributed by atoms with Gasteiger partial charge in [0.05, 0.1) is 10.5 Å². The summed E-state index contributed by atoms with van der Waals surface area (Å²) >= 11 is 0. The number of carbonyl (C=O) groups excluding carboxylic acids is 1. The molecule has 1 aromatic rings. The Labute approximate surface area is 172 Å². The summed E-state index contributed by atoms with van der Waals surface area (Å²) in [6.07, 6.45) is 5.73. The minimum atomic E-state index is -3.63. The summed E-state index contributed by atoms with van der Waals surface area (Å²) in [5.74, 6) is 0.102. The summed E-state index contributed by atoms with van der Waals surface area (Å²) < 4.78 is 46.4.